The smallest absolute Gasteiger partial charge is 0.251 e. The summed E-state index contributed by atoms with van der Waals surface area (Å²) in [5.74, 6) is 0.1000. The highest BCUT2D eigenvalue weighted by Crippen LogP contribution is 2.37. The Morgan fingerprint density at radius 3 is 2.53 bits per heavy atom. The summed E-state index contributed by atoms with van der Waals surface area (Å²) in [4.78, 5) is 16.9. The molecule has 0 spiro atoms. The average molecular weight is 532 g/mol. The van der Waals surface area contributed by atoms with Crippen LogP contribution in [0.2, 0.25) is 10.0 Å². The van der Waals surface area contributed by atoms with E-state index in [1.54, 1.807) is 31.3 Å². The summed E-state index contributed by atoms with van der Waals surface area (Å²) in [5.41, 5.74) is 8.47. The van der Waals surface area contributed by atoms with Crippen molar-refractivity contribution in [3.8, 4) is 16.9 Å². The van der Waals surface area contributed by atoms with Gasteiger partial charge in [0.25, 0.3) is 5.91 Å². The predicted octanol–water partition coefficient (Wildman–Crippen LogP) is 6.20. The molecule has 1 aromatic heterocycles. The third-order valence-corrected chi connectivity index (χ3v) is 7.31. The first kappa shape index (κ1) is 26.2. The third-order valence-electron chi connectivity index (χ3n) is 6.59. The van der Waals surface area contributed by atoms with E-state index in [0.29, 0.717) is 22.8 Å². The molecular weight excluding hydrogens is 504 g/mol. The van der Waals surface area contributed by atoms with E-state index in [4.69, 9.17) is 33.7 Å². The van der Waals surface area contributed by atoms with Crippen molar-refractivity contribution >= 4 is 34.9 Å². The number of nitrogens with one attached hydrogen (secondary N) is 1. The highest BCUT2D eigenvalue weighted by Gasteiger charge is 2.23. The molecule has 1 fully saturated rings. The highest BCUT2D eigenvalue weighted by atomic mass is 35.5. The van der Waals surface area contributed by atoms with Gasteiger partial charge in [-0.3, -0.25) is 4.79 Å². The van der Waals surface area contributed by atoms with Gasteiger partial charge in [-0.25, -0.2) is 9.37 Å². The van der Waals surface area contributed by atoms with E-state index in [2.05, 4.69) is 10.3 Å². The van der Waals surface area contributed by atoms with Crippen molar-refractivity contribution < 1.29 is 19.0 Å². The van der Waals surface area contributed by atoms with Crippen LogP contribution in [0.3, 0.4) is 0 Å². The minimum absolute atomic E-state index is 0.104. The zero-order valence-electron chi connectivity index (χ0n) is 19.8. The molecular formula is C27H28Cl2FN3O3. The number of aliphatic hydroxyl groups excluding tert-OH is 1. The topological polar surface area (TPSA) is 97.5 Å². The second-order valence-electron chi connectivity index (χ2n) is 9.08. The summed E-state index contributed by atoms with van der Waals surface area (Å²) >= 11 is 12.3. The maximum absolute atomic E-state index is 14.0. The zero-order chi connectivity index (χ0) is 25.8. The molecule has 190 valence electrons. The Kier molecular flexibility index (Phi) is 8.34. The second-order valence-corrected chi connectivity index (χ2v) is 9.86. The largest absolute Gasteiger partial charge is 0.482 e. The summed E-state index contributed by atoms with van der Waals surface area (Å²) in [6.07, 6.45) is 4.53. The fourth-order valence-corrected chi connectivity index (χ4v) is 5.12. The molecule has 3 aromatic rings. The Morgan fingerprint density at radius 2 is 1.86 bits per heavy atom. The van der Waals surface area contributed by atoms with Crippen LogP contribution in [-0.4, -0.2) is 28.6 Å². The van der Waals surface area contributed by atoms with Crippen LogP contribution in [0.4, 0.5) is 10.2 Å². The molecule has 2 aromatic carbocycles. The number of aromatic nitrogens is 1. The Labute approximate surface area is 219 Å². The molecule has 4 N–H and O–H groups in total. The van der Waals surface area contributed by atoms with Gasteiger partial charge in [0.2, 0.25) is 0 Å². The van der Waals surface area contributed by atoms with E-state index in [1.807, 2.05) is 12.1 Å². The minimum atomic E-state index is -0.682. The van der Waals surface area contributed by atoms with E-state index >= 15 is 0 Å². The summed E-state index contributed by atoms with van der Waals surface area (Å²) in [7, 11) is 0. The number of carbonyl (C=O) groups excluding carboxylic acids is 1. The number of hydrogen-bond acceptors (Lipinski definition) is 5. The number of nitrogen functional groups attached to an aromatic ring is 1. The van der Waals surface area contributed by atoms with Gasteiger partial charge in [0.15, 0.2) is 11.6 Å². The van der Waals surface area contributed by atoms with Crippen LogP contribution in [0.25, 0.3) is 11.1 Å². The molecule has 1 amide bonds. The third kappa shape index (κ3) is 5.91. The van der Waals surface area contributed by atoms with Crippen LogP contribution in [0.5, 0.6) is 5.75 Å². The van der Waals surface area contributed by atoms with Crippen molar-refractivity contribution in [2.45, 2.75) is 44.8 Å². The lowest BCUT2D eigenvalue weighted by Gasteiger charge is -2.28. The van der Waals surface area contributed by atoms with Gasteiger partial charge in [-0.05, 0) is 74.4 Å². The zero-order valence-corrected chi connectivity index (χ0v) is 21.3. The molecule has 36 heavy (non-hydrogen) atoms. The van der Waals surface area contributed by atoms with Crippen LogP contribution in [0.15, 0.2) is 48.7 Å². The quantitative estimate of drug-likeness (QED) is 0.315. The van der Waals surface area contributed by atoms with Gasteiger partial charge >= 0.3 is 0 Å². The van der Waals surface area contributed by atoms with Crippen molar-refractivity contribution in [2.24, 2.45) is 5.92 Å². The van der Waals surface area contributed by atoms with E-state index in [-0.39, 0.29) is 34.4 Å². The molecule has 0 bridgehead atoms. The molecule has 6 nitrogen and oxygen atoms in total. The molecule has 1 saturated carbocycles. The molecule has 4 rings (SSSR count). The maximum atomic E-state index is 14.0. The molecule has 1 aliphatic rings. The van der Waals surface area contributed by atoms with Crippen LogP contribution in [0.1, 0.15) is 54.6 Å². The van der Waals surface area contributed by atoms with Crippen LogP contribution < -0.4 is 15.8 Å². The van der Waals surface area contributed by atoms with E-state index < -0.39 is 11.9 Å². The number of carbonyl (C=O) groups is 1. The summed E-state index contributed by atoms with van der Waals surface area (Å²) in [6, 6.07) is 11.7. The number of anilines is 1. The summed E-state index contributed by atoms with van der Waals surface area (Å²) < 4.78 is 19.9. The maximum Gasteiger partial charge on any atom is 0.251 e. The summed E-state index contributed by atoms with van der Waals surface area (Å²) in [5, 5.41) is 12.6. The first-order chi connectivity index (χ1) is 17.3. The van der Waals surface area contributed by atoms with Crippen molar-refractivity contribution in [3.05, 3.63) is 75.7 Å². The molecule has 1 aliphatic carbocycles. The van der Waals surface area contributed by atoms with Crippen molar-refractivity contribution in [1.82, 2.24) is 10.3 Å². The number of nitrogens with two attached hydrogens (primary N) is 1. The second kappa shape index (κ2) is 11.5. The van der Waals surface area contributed by atoms with Crippen LogP contribution in [0, 0.1) is 11.7 Å². The molecule has 1 heterocycles. The normalized spacial score (nSPS) is 18.5. The number of rotatable bonds is 7. The number of benzene rings is 2. The number of nitrogens with zero attached hydrogens (tertiary/aromatic N) is 1. The first-order valence-electron chi connectivity index (χ1n) is 11.8. The van der Waals surface area contributed by atoms with Gasteiger partial charge in [0, 0.05) is 40.6 Å². The van der Waals surface area contributed by atoms with Crippen LogP contribution in [-0.2, 0) is 0 Å². The summed E-state index contributed by atoms with van der Waals surface area (Å²) in [6.45, 7) is 1.91. The Balaban J connectivity index is 1.46. The SMILES string of the molecule is C[C@H](Oc1cc(-c2ccc(C(=O)N[C@H]3CC[C@H](CO)CC3)cc2)cnc1N)c1c(Cl)ccc(F)c1Cl. The number of amides is 1. The Bertz CT molecular complexity index is 1230. The molecule has 0 unspecified atom stereocenters. The van der Waals surface area contributed by atoms with E-state index in [9.17, 15) is 14.3 Å². The van der Waals surface area contributed by atoms with Gasteiger partial charge in [0.1, 0.15) is 11.9 Å². The minimum Gasteiger partial charge on any atom is -0.482 e. The number of aliphatic hydroxyl groups is 1. The Morgan fingerprint density at radius 1 is 1.17 bits per heavy atom. The molecule has 1 atom stereocenters. The first-order valence-corrected chi connectivity index (χ1v) is 12.6. The lowest BCUT2D eigenvalue weighted by Crippen LogP contribution is -2.38. The van der Waals surface area contributed by atoms with Gasteiger partial charge in [-0.1, -0.05) is 35.3 Å². The van der Waals surface area contributed by atoms with Gasteiger partial charge in [0.05, 0.1) is 5.02 Å². The van der Waals surface area contributed by atoms with Gasteiger partial charge < -0.3 is 20.9 Å². The van der Waals surface area contributed by atoms with Crippen LogP contribution >= 0.6 is 23.2 Å². The highest BCUT2D eigenvalue weighted by molar-refractivity contribution is 6.36. The fourth-order valence-electron chi connectivity index (χ4n) is 4.44. The monoisotopic (exact) mass is 531 g/mol. The average Bonchev–Trinajstić information content (AvgIpc) is 2.88. The molecule has 0 saturated heterocycles. The van der Waals surface area contributed by atoms with E-state index in [0.717, 1.165) is 36.8 Å². The van der Waals surface area contributed by atoms with Crippen molar-refractivity contribution in [1.29, 1.82) is 0 Å². The molecule has 0 aliphatic heterocycles. The molecule has 9 heteroatoms. The van der Waals surface area contributed by atoms with Gasteiger partial charge in [-0.2, -0.15) is 0 Å². The lowest BCUT2D eigenvalue weighted by atomic mass is 9.86. The lowest BCUT2D eigenvalue weighted by molar-refractivity contribution is 0.0914. The predicted molar refractivity (Wildman–Crippen MR) is 140 cm³/mol. The van der Waals surface area contributed by atoms with Crippen molar-refractivity contribution in [3.63, 3.8) is 0 Å². The van der Waals surface area contributed by atoms with Crippen molar-refractivity contribution in [2.75, 3.05) is 12.3 Å². The number of halogens is 3. The molecule has 0 radical (unpaired) electrons. The van der Waals surface area contributed by atoms with Gasteiger partial charge in [-0.15, -0.1) is 0 Å². The van der Waals surface area contributed by atoms with E-state index in [1.165, 1.54) is 12.1 Å². The number of pyridine rings is 1. The fraction of sp³-hybridized carbons (Fsp3) is 0.333. The standard InChI is InChI=1S/C27H28Cl2FN3O3/c1-15(24-21(28)10-11-22(30)25(24)29)36-23-12-19(13-32-26(23)31)17-4-6-18(7-5-17)27(35)33-20-8-2-16(14-34)3-9-20/h4-7,10-13,15-16,20,34H,2-3,8-9,14H2,1H3,(H2,31,32)(H,33,35)/t15-,16-,20-/m0/s1. The number of hydrogen-bond donors (Lipinski definition) is 3. The number of ether oxygens (including phenoxy) is 1. The Hall–Kier alpha value is -2.87.